The van der Waals surface area contributed by atoms with E-state index in [0.29, 0.717) is 30.1 Å². The van der Waals surface area contributed by atoms with Crippen LogP contribution in [0.2, 0.25) is 30.1 Å². The molecule has 110 valence electrons. The Balaban J connectivity index is 2.51. The molecule has 0 amide bonds. The Bertz CT molecular complexity index is 1080. The lowest BCUT2D eigenvalue weighted by Crippen LogP contribution is -1.89. The molecule has 0 nitrogen and oxygen atoms in total. The van der Waals surface area contributed by atoms with Crippen LogP contribution in [0.1, 0.15) is 0 Å². The van der Waals surface area contributed by atoms with Crippen molar-refractivity contribution in [3.63, 3.8) is 0 Å². The van der Waals surface area contributed by atoms with Crippen molar-refractivity contribution in [1.82, 2.24) is 0 Å². The van der Waals surface area contributed by atoms with Gasteiger partial charge in [0.25, 0.3) is 0 Å². The molecule has 0 unspecified atom stereocenters. The summed E-state index contributed by atoms with van der Waals surface area (Å²) in [5, 5.41) is 7.62. The van der Waals surface area contributed by atoms with Crippen molar-refractivity contribution in [1.29, 1.82) is 0 Å². The van der Waals surface area contributed by atoms with Crippen molar-refractivity contribution in [2.45, 2.75) is 0 Å². The second kappa shape index (κ2) is 5.08. The van der Waals surface area contributed by atoms with E-state index in [-0.39, 0.29) is 0 Å². The van der Waals surface area contributed by atoms with Crippen LogP contribution in [0, 0.1) is 0 Å². The summed E-state index contributed by atoms with van der Waals surface area (Å²) in [6, 6.07) is 6.97. The van der Waals surface area contributed by atoms with Crippen LogP contribution in [0.15, 0.2) is 24.3 Å². The molecule has 0 atom stereocenters. The van der Waals surface area contributed by atoms with Gasteiger partial charge >= 0.3 is 0 Å². The van der Waals surface area contributed by atoms with Crippen LogP contribution in [0.5, 0.6) is 0 Å². The number of benzene rings is 4. The lowest BCUT2D eigenvalue weighted by Gasteiger charge is -2.17. The number of halogens is 6. The van der Waals surface area contributed by atoms with E-state index in [9.17, 15) is 0 Å². The zero-order valence-electron chi connectivity index (χ0n) is 10.6. The summed E-state index contributed by atoms with van der Waals surface area (Å²) in [6.07, 6.45) is 0. The molecule has 0 spiro atoms. The van der Waals surface area contributed by atoms with Gasteiger partial charge in [0.2, 0.25) is 0 Å². The summed E-state index contributed by atoms with van der Waals surface area (Å²) >= 11 is 38.1. The largest absolute Gasteiger partial charge is 0.0836 e. The molecule has 4 aromatic carbocycles. The van der Waals surface area contributed by atoms with Crippen molar-refractivity contribution in [2.24, 2.45) is 0 Å². The minimum Gasteiger partial charge on any atom is -0.0836 e. The molecule has 0 N–H and O–H groups in total. The molecule has 0 aliphatic carbocycles. The molecule has 6 heteroatoms. The zero-order chi connectivity index (χ0) is 15.8. The summed E-state index contributed by atoms with van der Waals surface area (Å²) in [5.41, 5.74) is 0. The van der Waals surface area contributed by atoms with E-state index >= 15 is 0 Å². The highest BCUT2D eigenvalue weighted by Gasteiger charge is 2.20. The molecule has 0 aliphatic heterocycles. The van der Waals surface area contributed by atoms with Crippen molar-refractivity contribution in [3.05, 3.63) is 54.4 Å². The van der Waals surface area contributed by atoms with E-state index in [2.05, 4.69) is 0 Å². The highest BCUT2D eigenvalue weighted by atomic mass is 35.5. The van der Waals surface area contributed by atoms with Gasteiger partial charge < -0.3 is 0 Å². The quantitative estimate of drug-likeness (QED) is 0.256. The fourth-order valence-electron chi connectivity index (χ4n) is 2.91. The molecule has 0 saturated heterocycles. The van der Waals surface area contributed by atoms with Crippen molar-refractivity contribution < 1.29 is 0 Å². The van der Waals surface area contributed by atoms with E-state index < -0.39 is 0 Å². The predicted octanol–water partition coefficient (Wildman–Crippen LogP) is 8.50. The minimum atomic E-state index is 0.419. The highest BCUT2D eigenvalue weighted by molar-refractivity contribution is 6.53. The Kier molecular flexibility index (Phi) is 3.51. The zero-order valence-corrected chi connectivity index (χ0v) is 15.1. The topological polar surface area (TPSA) is 0 Å². The van der Waals surface area contributed by atoms with Crippen LogP contribution >= 0.6 is 69.6 Å². The van der Waals surface area contributed by atoms with E-state index in [4.69, 9.17) is 69.6 Å². The molecule has 4 rings (SSSR count). The van der Waals surface area contributed by atoms with Gasteiger partial charge in [0.05, 0.1) is 20.1 Å². The molecule has 22 heavy (non-hydrogen) atoms. The monoisotopic (exact) mass is 406 g/mol. The van der Waals surface area contributed by atoms with Gasteiger partial charge in [-0.15, -0.1) is 0 Å². The maximum atomic E-state index is 6.42. The molecule has 4 aromatic rings. The van der Waals surface area contributed by atoms with Crippen LogP contribution in [0.4, 0.5) is 0 Å². The number of hydrogen-bond donors (Lipinski definition) is 0. The van der Waals surface area contributed by atoms with Crippen LogP contribution in [-0.4, -0.2) is 0 Å². The van der Waals surface area contributed by atoms with E-state index in [1.165, 1.54) is 0 Å². The summed E-state index contributed by atoms with van der Waals surface area (Å²) < 4.78 is 0. The standard InChI is InChI=1S/C16H4Cl6/c17-8-1-6-9(18)4-11(20)15-10(19)3-7-13(14(6)15)5(8)2-12(21)16(7)22/h1-4H. The van der Waals surface area contributed by atoms with Crippen LogP contribution in [-0.2, 0) is 0 Å². The molecule has 0 saturated carbocycles. The fourth-order valence-corrected chi connectivity index (χ4v) is 4.56. The third-order valence-electron chi connectivity index (χ3n) is 3.81. The summed E-state index contributed by atoms with van der Waals surface area (Å²) in [4.78, 5) is 0. The van der Waals surface area contributed by atoms with Gasteiger partial charge in [0.1, 0.15) is 0 Å². The third kappa shape index (κ3) is 1.92. The average Bonchev–Trinajstić information content (AvgIpc) is 2.45. The van der Waals surface area contributed by atoms with Crippen molar-refractivity contribution in [2.75, 3.05) is 0 Å². The second-order valence-corrected chi connectivity index (χ2v) is 7.41. The van der Waals surface area contributed by atoms with Gasteiger partial charge in [0.15, 0.2) is 0 Å². The van der Waals surface area contributed by atoms with E-state index in [1.54, 1.807) is 24.3 Å². The molecular formula is C16H4Cl6. The van der Waals surface area contributed by atoms with Crippen molar-refractivity contribution >= 4 is 102 Å². The third-order valence-corrected chi connectivity index (χ3v) is 5.84. The van der Waals surface area contributed by atoms with E-state index in [1.807, 2.05) is 0 Å². The SMILES string of the molecule is Clc1cc2c(Cl)cc3c(Cl)cc(Cl)c4c(Cl)cc(c1Cl)c2c34. The van der Waals surface area contributed by atoms with Crippen molar-refractivity contribution in [3.8, 4) is 0 Å². The summed E-state index contributed by atoms with van der Waals surface area (Å²) in [7, 11) is 0. The molecule has 0 heterocycles. The number of rotatable bonds is 0. The Morgan fingerprint density at radius 2 is 0.909 bits per heavy atom. The second-order valence-electron chi connectivity index (χ2n) is 5.00. The first-order chi connectivity index (χ1) is 10.4. The Labute approximate surface area is 155 Å². The first kappa shape index (κ1) is 15.2. The normalized spacial score (nSPS) is 12.1. The predicted molar refractivity (Wildman–Crippen MR) is 100 cm³/mol. The molecule has 0 radical (unpaired) electrons. The average molecular weight is 409 g/mol. The maximum absolute atomic E-state index is 6.42. The minimum absolute atomic E-state index is 0.419. The molecular weight excluding hydrogens is 405 g/mol. The molecule has 0 aromatic heterocycles. The maximum Gasteiger partial charge on any atom is 0.0671 e. The Morgan fingerprint density at radius 3 is 1.64 bits per heavy atom. The van der Waals surface area contributed by atoms with Crippen LogP contribution in [0.25, 0.3) is 32.3 Å². The lowest BCUT2D eigenvalue weighted by atomic mass is 9.94. The Morgan fingerprint density at radius 1 is 0.409 bits per heavy atom. The van der Waals surface area contributed by atoms with E-state index in [0.717, 1.165) is 32.3 Å². The van der Waals surface area contributed by atoms with Gasteiger partial charge in [-0.25, -0.2) is 0 Å². The van der Waals surface area contributed by atoms with Gasteiger partial charge in [0, 0.05) is 42.4 Å². The molecule has 0 aliphatic rings. The molecule has 0 bridgehead atoms. The van der Waals surface area contributed by atoms with Gasteiger partial charge in [-0.2, -0.15) is 0 Å². The first-order valence-electron chi connectivity index (χ1n) is 6.19. The van der Waals surface area contributed by atoms with Gasteiger partial charge in [-0.1, -0.05) is 69.6 Å². The van der Waals surface area contributed by atoms with Crippen LogP contribution in [0.3, 0.4) is 0 Å². The van der Waals surface area contributed by atoms with Gasteiger partial charge in [-0.3, -0.25) is 0 Å². The van der Waals surface area contributed by atoms with Gasteiger partial charge in [-0.05, 0) is 24.3 Å². The van der Waals surface area contributed by atoms with Crippen LogP contribution < -0.4 is 0 Å². The summed E-state index contributed by atoms with van der Waals surface area (Å²) in [6.45, 7) is 0. The smallest absolute Gasteiger partial charge is 0.0671 e. The lowest BCUT2D eigenvalue weighted by molar-refractivity contribution is 1.77. The number of hydrogen-bond acceptors (Lipinski definition) is 0. The molecule has 0 fully saturated rings. The Hall–Kier alpha value is -0.340. The first-order valence-corrected chi connectivity index (χ1v) is 8.46. The fraction of sp³-hybridized carbons (Fsp3) is 0. The summed E-state index contributed by atoms with van der Waals surface area (Å²) in [5.74, 6) is 0. The highest BCUT2D eigenvalue weighted by Crippen LogP contribution is 2.49.